The van der Waals surface area contributed by atoms with E-state index in [1.54, 1.807) is 29.8 Å². The minimum Gasteiger partial charge on any atom is -0.507 e. The molecule has 1 amide bonds. The molecule has 1 fully saturated rings. The van der Waals surface area contributed by atoms with Crippen LogP contribution in [0.15, 0.2) is 59.6 Å². The largest absolute Gasteiger partial charge is 0.507 e. The summed E-state index contributed by atoms with van der Waals surface area (Å²) in [7, 11) is 0. The van der Waals surface area contributed by atoms with Crippen molar-refractivity contribution in [2.75, 3.05) is 18.1 Å². The first-order valence-corrected chi connectivity index (χ1v) is 10.6. The van der Waals surface area contributed by atoms with Crippen molar-refractivity contribution in [2.24, 2.45) is 0 Å². The number of hydrogen-bond acceptors (Lipinski definition) is 7. The van der Waals surface area contributed by atoms with Gasteiger partial charge in [-0.25, -0.2) is 4.98 Å². The third-order valence-corrected chi connectivity index (χ3v) is 6.05. The van der Waals surface area contributed by atoms with Gasteiger partial charge < -0.3 is 14.6 Å². The van der Waals surface area contributed by atoms with E-state index in [1.807, 2.05) is 31.2 Å². The van der Waals surface area contributed by atoms with Crippen LogP contribution in [0.3, 0.4) is 0 Å². The van der Waals surface area contributed by atoms with Crippen molar-refractivity contribution in [1.82, 2.24) is 4.98 Å². The summed E-state index contributed by atoms with van der Waals surface area (Å²) >= 11 is 1.26. The second-order valence-corrected chi connectivity index (χ2v) is 8.13. The van der Waals surface area contributed by atoms with Crippen LogP contribution in [0.2, 0.25) is 0 Å². The maximum absolute atomic E-state index is 13.1. The Kier molecular flexibility index (Phi) is 4.71. The highest BCUT2D eigenvalue weighted by atomic mass is 32.1. The van der Waals surface area contributed by atoms with Crippen LogP contribution in [-0.4, -0.2) is 35.0 Å². The lowest BCUT2D eigenvalue weighted by molar-refractivity contribution is -0.132. The SMILES string of the molecule is Cc1ccc([C@@H]2/C(=C(\O)c3ccc4c(c3)OCCO4)C(=O)C(=O)N2c2nccs2)cc1. The standard InChI is InChI=1S/C23H18N2O5S/c1-13-2-4-14(5-3-13)19-18(21(27)22(28)25(19)23-24-8-11-31-23)20(26)15-6-7-16-17(12-15)30-10-9-29-16/h2-8,11-12,19,26H,9-10H2,1H3/b20-18+/t19-/m1/s1. The fourth-order valence-corrected chi connectivity index (χ4v) is 4.44. The molecule has 0 saturated carbocycles. The molecular weight excluding hydrogens is 416 g/mol. The Morgan fingerprint density at radius 3 is 2.55 bits per heavy atom. The number of amides is 1. The molecule has 0 unspecified atom stereocenters. The van der Waals surface area contributed by atoms with Crippen LogP contribution in [-0.2, 0) is 9.59 Å². The van der Waals surface area contributed by atoms with Crippen LogP contribution in [0.25, 0.3) is 5.76 Å². The third-order valence-electron chi connectivity index (χ3n) is 5.28. The van der Waals surface area contributed by atoms with E-state index in [4.69, 9.17) is 9.47 Å². The van der Waals surface area contributed by atoms with E-state index in [9.17, 15) is 14.7 Å². The van der Waals surface area contributed by atoms with Crippen molar-refractivity contribution < 1.29 is 24.2 Å². The van der Waals surface area contributed by atoms with Gasteiger partial charge in [0.2, 0.25) is 0 Å². The zero-order valence-electron chi connectivity index (χ0n) is 16.6. The Hall–Kier alpha value is -3.65. The molecule has 2 aliphatic heterocycles. The molecule has 3 heterocycles. The van der Waals surface area contributed by atoms with Crippen molar-refractivity contribution in [2.45, 2.75) is 13.0 Å². The number of aliphatic hydroxyl groups excluding tert-OH is 1. The smallest absolute Gasteiger partial charge is 0.301 e. The summed E-state index contributed by atoms with van der Waals surface area (Å²) in [6.07, 6.45) is 1.58. The number of nitrogens with zero attached hydrogens (tertiary/aromatic N) is 2. The molecule has 3 aromatic rings. The predicted octanol–water partition coefficient (Wildman–Crippen LogP) is 3.85. The number of hydrogen-bond donors (Lipinski definition) is 1. The second-order valence-electron chi connectivity index (χ2n) is 7.25. The fourth-order valence-electron chi connectivity index (χ4n) is 3.78. The van der Waals surface area contributed by atoms with E-state index >= 15 is 0 Å². The van der Waals surface area contributed by atoms with Gasteiger partial charge in [-0.15, -0.1) is 11.3 Å². The normalized spacial score (nSPS) is 19.6. The number of aromatic nitrogens is 1. The highest BCUT2D eigenvalue weighted by Gasteiger charge is 2.48. The number of thiazole rings is 1. The molecular formula is C23H18N2O5S. The number of rotatable bonds is 3. The number of carbonyl (C=O) groups is 2. The van der Waals surface area contributed by atoms with Crippen molar-refractivity contribution in [3.63, 3.8) is 0 Å². The average molecular weight is 434 g/mol. The van der Waals surface area contributed by atoms with Gasteiger partial charge in [-0.2, -0.15) is 0 Å². The van der Waals surface area contributed by atoms with Crippen molar-refractivity contribution in [1.29, 1.82) is 0 Å². The number of benzene rings is 2. The molecule has 31 heavy (non-hydrogen) atoms. The summed E-state index contributed by atoms with van der Waals surface area (Å²) in [6, 6.07) is 11.7. The van der Waals surface area contributed by atoms with Crippen LogP contribution in [0.4, 0.5) is 5.13 Å². The third kappa shape index (κ3) is 3.25. The van der Waals surface area contributed by atoms with Gasteiger partial charge in [-0.1, -0.05) is 29.8 Å². The molecule has 1 aromatic heterocycles. The molecule has 7 nitrogen and oxygen atoms in total. The summed E-state index contributed by atoms with van der Waals surface area (Å²) in [4.78, 5) is 31.6. The topological polar surface area (TPSA) is 89.0 Å². The first kappa shape index (κ1) is 19.3. The number of carbonyl (C=O) groups excluding carboxylic acids is 2. The maximum atomic E-state index is 13.1. The van der Waals surface area contributed by atoms with E-state index in [0.717, 1.165) is 5.56 Å². The van der Waals surface area contributed by atoms with E-state index < -0.39 is 17.7 Å². The Morgan fingerprint density at radius 1 is 1.10 bits per heavy atom. The number of fused-ring (bicyclic) bond motifs is 1. The van der Waals surface area contributed by atoms with Gasteiger partial charge >= 0.3 is 5.91 Å². The van der Waals surface area contributed by atoms with Gasteiger partial charge in [-0.05, 0) is 30.7 Å². The fraction of sp³-hybridized carbons (Fsp3) is 0.174. The molecule has 1 atom stereocenters. The van der Waals surface area contributed by atoms with Gasteiger partial charge in [0.25, 0.3) is 5.78 Å². The summed E-state index contributed by atoms with van der Waals surface area (Å²) < 4.78 is 11.1. The summed E-state index contributed by atoms with van der Waals surface area (Å²) in [5.74, 6) is -0.690. The lowest BCUT2D eigenvalue weighted by Gasteiger charge is -2.23. The summed E-state index contributed by atoms with van der Waals surface area (Å²) in [6.45, 7) is 2.80. The van der Waals surface area contributed by atoms with Crippen LogP contribution in [0.1, 0.15) is 22.7 Å². The van der Waals surface area contributed by atoms with Gasteiger partial charge in [0.1, 0.15) is 19.0 Å². The first-order chi connectivity index (χ1) is 15.0. The Balaban J connectivity index is 1.68. The monoisotopic (exact) mass is 434 g/mol. The number of Topliss-reactive ketones (excluding diaryl/α,β-unsaturated/α-hetero) is 1. The van der Waals surface area contributed by atoms with Gasteiger partial charge in [0.05, 0.1) is 11.6 Å². The highest BCUT2D eigenvalue weighted by Crippen LogP contribution is 2.43. The molecule has 156 valence electrons. The van der Waals surface area contributed by atoms with Crippen molar-refractivity contribution in [3.8, 4) is 11.5 Å². The molecule has 0 bridgehead atoms. The molecule has 2 aromatic carbocycles. The molecule has 0 aliphatic carbocycles. The average Bonchev–Trinajstić information content (AvgIpc) is 3.40. The molecule has 8 heteroatoms. The van der Waals surface area contributed by atoms with Crippen LogP contribution < -0.4 is 14.4 Å². The van der Waals surface area contributed by atoms with Crippen molar-refractivity contribution in [3.05, 3.63) is 76.3 Å². The zero-order chi connectivity index (χ0) is 21.5. The number of aliphatic hydroxyl groups is 1. The highest BCUT2D eigenvalue weighted by molar-refractivity contribution is 7.14. The molecule has 1 N–H and O–H groups in total. The summed E-state index contributed by atoms with van der Waals surface area (Å²) in [5, 5.41) is 13.3. The Morgan fingerprint density at radius 2 is 1.84 bits per heavy atom. The minimum atomic E-state index is -0.792. The lowest BCUT2D eigenvalue weighted by Crippen LogP contribution is -2.29. The van der Waals surface area contributed by atoms with E-state index in [0.29, 0.717) is 41.0 Å². The number of anilines is 1. The van der Waals surface area contributed by atoms with Crippen LogP contribution in [0, 0.1) is 6.92 Å². The lowest BCUT2D eigenvalue weighted by atomic mass is 9.94. The van der Waals surface area contributed by atoms with Crippen molar-refractivity contribution >= 4 is 33.9 Å². The molecule has 1 saturated heterocycles. The molecule has 5 rings (SSSR count). The van der Waals surface area contributed by atoms with Gasteiger partial charge in [0.15, 0.2) is 16.6 Å². The van der Waals surface area contributed by atoms with Crippen LogP contribution in [0.5, 0.6) is 11.5 Å². The maximum Gasteiger partial charge on any atom is 0.301 e. The van der Waals surface area contributed by atoms with E-state index in [-0.39, 0.29) is 11.3 Å². The first-order valence-electron chi connectivity index (χ1n) is 9.71. The number of ether oxygens (including phenoxy) is 2. The molecule has 0 spiro atoms. The zero-order valence-corrected chi connectivity index (χ0v) is 17.4. The quantitative estimate of drug-likeness (QED) is 0.383. The minimum absolute atomic E-state index is 0.0146. The van der Waals surface area contributed by atoms with E-state index in [2.05, 4.69) is 4.98 Å². The Labute approximate surface area is 182 Å². The van der Waals surface area contributed by atoms with E-state index in [1.165, 1.54) is 16.2 Å². The summed E-state index contributed by atoms with van der Waals surface area (Å²) in [5.41, 5.74) is 2.14. The number of ketones is 1. The molecule has 0 radical (unpaired) electrons. The van der Waals surface area contributed by atoms with Gasteiger partial charge in [0, 0.05) is 17.1 Å². The second kappa shape index (κ2) is 7.55. The van der Waals surface area contributed by atoms with Crippen LogP contribution >= 0.6 is 11.3 Å². The number of aryl methyl sites for hydroxylation is 1. The van der Waals surface area contributed by atoms with Gasteiger partial charge in [-0.3, -0.25) is 14.5 Å². The molecule has 2 aliphatic rings. The predicted molar refractivity (Wildman–Crippen MR) is 116 cm³/mol. The Bertz CT molecular complexity index is 1200.